The summed E-state index contributed by atoms with van der Waals surface area (Å²) in [4.78, 5) is 5.11. The van der Waals surface area contributed by atoms with Crippen molar-refractivity contribution in [2.75, 3.05) is 39.4 Å². The lowest BCUT2D eigenvalue weighted by molar-refractivity contribution is 0.104. The third-order valence-electron chi connectivity index (χ3n) is 6.28. The predicted octanol–water partition coefficient (Wildman–Crippen LogP) is 2.23. The minimum Gasteiger partial charge on any atom is -0.493 e. The van der Waals surface area contributed by atoms with Crippen LogP contribution in [0, 0.1) is 0 Å². The molecule has 0 amide bonds. The van der Waals surface area contributed by atoms with Crippen molar-refractivity contribution in [3.8, 4) is 5.75 Å². The van der Waals surface area contributed by atoms with Crippen LogP contribution < -0.4 is 4.74 Å². The van der Waals surface area contributed by atoms with Gasteiger partial charge < -0.3 is 9.47 Å². The Hall–Kier alpha value is -1.89. The molecule has 3 aliphatic heterocycles. The molecule has 28 heavy (non-hydrogen) atoms. The van der Waals surface area contributed by atoms with Crippen LogP contribution in [-0.2, 0) is 43.8 Å². The monoisotopic (exact) mass is 382 g/mol. The van der Waals surface area contributed by atoms with E-state index in [1.807, 2.05) is 0 Å². The van der Waals surface area contributed by atoms with Gasteiger partial charge in [0.1, 0.15) is 5.75 Å². The van der Waals surface area contributed by atoms with Crippen LogP contribution in [0.2, 0.25) is 0 Å². The first-order valence-electron chi connectivity index (χ1n) is 10.6. The largest absolute Gasteiger partial charge is 0.493 e. The van der Waals surface area contributed by atoms with Crippen molar-refractivity contribution in [2.24, 2.45) is 0 Å². The van der Waals surface area contributed by atoms with E-state index >= 15 is 0 Å². The summed E-state index contributed by atoms with van der Waals surface area (Å²) in [6.45, 7) is 11.9. The molecule has 3 aliphatic rings. The molecule has 0 N–H and O–H groups in total. The first-order valence-corrected chi connectivity index (χ1v) is 10.6. The molecule has 0 saturated carbocycles. The molecule has 0 aliphatic carbocycles. The summed E-state index contributed by atoms with van der Waals surface area (Å²) in [6, 6.07) is 6.70. The predicted molar refractivity (Wildman–Crippen MR) is 107 cm³/mol. The molecule has 1 aromatic carbocycles. The fraction of sp³-hybridized carbons (Fsp3) is 0.591. The molecule has 6 heteroatoms. The van der Waals surface area contributed by atoms with Crippen molar-refractivity contribution in [3.63, 3.8) is 0 Å². The van der Waals surface area contributed by atoms with E-state index in [-0.39, 0.29) is 0 Å². The highest BCUT2D eigenvalue weighted by Crippen LogP contribution is 2.27. The molecule has 0 radical (unpaired) electrons. The smallest absolute Gasteiger partial charge is 0.122 e. The van der Waals surface area contributed by atoms with Crippen molar-refractivity contribution < 1.29 is 9.47 Å². The van der Waals surface area contributed by atoms with E-state index in [4.69, 9.17) is 14.6 Å². The Bertz CT molecular complexity index is 839. The minimum atomic E-state index is 0.729. The number of rotatable bonds is 5. The van der Waals surface area contributed by atoms with Crippen LogP contribution >= 0.6 is 0 Å². The molecule has 1 aromatic heterocycles. The Labute approximate surface area is 167 Å². The van der Waals surface area contributed by atoms with Crippen molar-refractivity contribution in [1.82, 2.24) is 19.6 Å². The first-order chi connectivity index (χ1) is 13.8. The molecule has 0 bridgehead atoms. The highest BCUT2D eigenvalue weighted by Gasteiger charge is 2.24. The molecule has 2 aromatic rings. The summed E-state index contributed by atoms with van der Waals surface area (Å²) in [6.07, 6.45) is 2.05. The molecule has 6 nitrogen and oxygen atoms in total. The van der Waals surface area contributed by atoms with E-state index in [9.17, 15) is 0 Å². The molecule has 1 fully saturated rings. The van der Waals surface area contributed by atoms with Gasteiger partial charge in [-0.05, 0) is 24.1 Å². The first kappa shape index (κ1) is 18.2. The molecule has 1 saturated heterocycles. The Morgan fingerprint density at radius 1 is 1.00 bits per heavy atom. The van der Waals surface area contributed by atoms with Crippen molar-refractivity contribution in [2.45, 2.75) is 46.0 Å². The number of fused-ring (bicyclic) bond motifs is 2. The number of aryl methyl sites for hydroxylation is 1. The molecule has 4 heterocycles. The van der Waals surface area contributed by atoms with Crippen LogP contribution in [0.5, 0.6) is 5.75 Å². The van der Waals surface area contributed by atoms with Gasteiger partial charge in [-0.1, -0.05) is 12.1 Å². The van der Waals surface area contributed by atoms with Gasteiger partial charge in [-0.25, -0.2) is 0 Å². The van der Waals surface area contributed by atoms with Gasteiger partial charge >= 0.3 is 0 Å². The van der Waals surface area contributed by atoms with E-state index < -0.39 is 0 Å². The Morgan fingerprint density at radius 3 is 2.64 bits per heavy atom. The van der Waals surface area contributed by atoms with E-state index in [1.165, 1.54) is 28.1 Å². The Kier molecular flexibility index (Phi) is 5.09. The lowest BCUT2D eigenvalue weighted by Gasteiger charge is -2.34. The second-order valence-corrected chi connectivity index (χ2v) is 8.08. The molecular formula is C22H30N4O2. The van der Waals surface area contributed by atoms with Crippen molar-refractivity contribution in [3.05, 3.63) is 46.3 Å². The fourth-order valence-electron chi connectivity index (χ4n) is 4.68. The van der Waals surface area contributed by atoms with E-state index in [0.29, 0.717) is 0 Å². The topological polar surface area (TPSA) is 42.8 Å². The maximum absolute atomic E-state index is 5.71. The van der Waals surface area contributed by atoms with Crippen LogP contribution in [0.4, 0.5) is 0 Å². The zero-order valence-electron chi connectivity index (χ0n) is 16.8. The highest BCUT2D eigenvalue weighted by molar-refractivity contribution is 5.39. The number of nitrogens with zero attached hydrogens (tertiary/aromatic N) is 4. The number of ether oxygens (including phenoxy) is 2. The summed E-state index contributed by atoms with van der Waals surface area (Å²) < 4.78 is 13.5. The Balaban J connectivity index is 1.18. The van der Waals surface area contributed by atoms with Gasteiger partial charge in [0.15, 0.2) is 0 Å². The number of hydrogen-bond donors (Lipinski definition) is 0. The quantitative estimate of drug-likeness (QED) is 0.793. The van der Waals surface area contributed by atoms with Crippen LogP contribution in [0.25, 0.3) is 0 Å². The summed E-state index contributed by atoms with van der Waals surface area (Å²) in [5.41, 5.74) is 6.74. The maximum Gasteiger partial charge on any atom is 0.122 e. The average molecular weight is 383 g/mol. The average Bonchev–Trinajstić information content (AvgIpc) is 3.34. The third-order valence-corrected chi connectivity index (χ3v) is 6.28. The van der Waals surface area contributed by atoms with E-state index in [2.05, 4.69) is 39.6 Å². The lowest BCUT2D eigenvalue weighted by atomic mass is 10.1. The highest BCUT2D eigenvalue weighted by atomic mass is 16.5. The molecule has 150 valence electrons. The minimum absolute atomic E-state index is 0.729. The van der Waals surface area contributed by atoms with Crippen LogP contribution in [-0.4, -0.2) is 59.0 Å². The zero-order valence-corrected chi connectivity index (χ0v) is 16.8. The van der Waals surface area contributed by atoms with Crippen LogP contribution in [0.15, 0.2) is 18.2 Å². The Morgan fingerprint density at radius 2 is 1.82 bits per heavy atom. The molecule has 0 spiro atoms. The number of benzene rings is 1. The van der Waals surface area contributed by atoms with Gasteiger partial charge in [-0.3, -0.25) is 14.5 Å². The number of aromatic nitrogens is 2. The van der Waals surface area contributed by atoms with Crippen LogP contribution in [0.1, 0.15) is 35.0 Å². The lowest BCUT2D eigenvalue weighted by Crippen LogP contribution is -2.45. The van der Waals surface area contributed by atoms with Gasteiger partial charge in [0.25, 0.3) is 0 Å². The molecule has 0 atom stereocenters. The summed E-state index contributed by atoms with van der Waals surface area (Å²) >= 11 is 0. The van der Waals surface area contributed by atoms with Gasteiger partial charge in [0, 0.05) is 69.9 Å². The van der Waals surface area contributed by atoms with Crippen LogP contribution in [0.3, 0.4) is 0 Å². The number of piperazine rings is 1. The molecule has 5 rings (SSSR count). The zero-order chi connectivity index (χ0) is 18.9. The summed E-state index contributed by atoms with van der Waals surface area (Å²) in [5, 5.41) is 4.89. The number of hydrogen-bond acceptors (Lipinski definition) is 5. The van der Waals surface area contributed by atoms with E-state index in [0.717, 1.165) is 84.2 Å². The normalized spacial score (nSPS) is 20.0. The summed E-state index contributed by atoms with van der Waals surface area (Å²) in [7, 11) is 0. The second-order valence-electron chi connectivity index (χ2n) is 8.08. The maximum atomic E-state index is 5.71. The second kappa shape index (κ2) is 7.85. The van der Waals surface area contributed by atoms with Gasteiger partial charge in [-0.2, -0.15) is 5.10 Å². The summed E-state index contributed by atoms with van der Waals surface area (Å²) in [5.74, 6) is 1.08. The SMILES string of the molecule is CCn1nc(CN2CCN(Cc3ccc4c(c3)CCO4)CC2)c2c1CCOC2. The van der Waals surface area contributed by atoms with Crippen molar-refractivity contribution >= 4 is 0 Å². The van der Waals surface area contributed by atoms with Gasteiger partial charge in [0.2, 0.25) is 0 Å². The van der Waals surface area contributed by atoms with Gasteiger partial charge in [0.05, 0.1) is 25.5 Å². The standard InChI is InChI=1S/C22H30N4O2/c1-2-26-21-6-11-27-16-19(21)20(23-26)15-25-9-7-24(8-10-25)14-17-3-4-22-18(13-17)5-12-28-22/h3-4,13H,2,5-12,14-16H2,1H3. The van der Waals surface area contributed by atoms with Crippen molar-refractivity contribution in [1.29, 1.82) is 0 Å². The molecule has 0 unspecified atom stereocenters. The van der Waals surface area contributed by atoms with Gasteiger partial charge in [-0.15, -0.1) is 0 Å². The third kappa shape index (κ3) is 3.56. The molecular weight excluding hydrogens is 352 g/mol. The fourth-order valence-corrected chi connectivity index (χ4v) is 4.68. The van der Waals surface area contributed by atoms with E-state index in [1.54, 1.807) is 0 Å².